The minimum Gasteiger partial charge on any atom is -0.462 e. The van der Waals surface area contributed by atoms with E-state index in [0.29, 0.717) is 6.61 Å². The second kappa shape index (κ2) is 16.1. The van der Waals surface area contributed by atoms with Crippen molar-refractivity contribution < 1.29 is 14.3 Å². The van der Waals surface area contributed by atoms with E-state index in [4.69, 9.17) is 10.5 Å². The minimum absolute atomic E-state index is 0.216. The van der Waals surface area contributed by atoms with E-state index in [-0.39, 0.29) is 11.1 Å². The normalized spacial score (nSPS) is 10.8. The van der Waals surface area contributed by atoms with E-state index in [1.807, 2.05) is 0 Å². The molecular formula is C24H39NO3. The summed E-state index contributed by atoms with van der Waals surface area (Å²) >= 11 is 0. The van der Waals surface area contributed by atoms with Gasteiger partial charge in [-0.05, 0) is 18.6 Å². The van der Waals surface area contributed by atoms with Crippen LogP contribution in [0.25, 0.3) is 0 Å². The molecule has 28 heavy (non-hydrogen) atoms. The lowest BCUT2D eigenvalue weighted by atomic mass is 10.0. The van der Waals surface area contributed by atoms with E-state index in [2.05, 4.69) is 6.92 Å². The van der Waals surface area contributed by atoms with Crippen molar-refractivity contribution >= 4 is 11.9 Å². The minimum atomic E-state index is -0.607. The number of carbonyl (C=O) groups excluding carboxylic acids is 2. The zero-order chi connectivity index (χ0) is 20.5. The van der Waals surface area contributed by atoms with E-state index < -0.39 is 11.9 Å². The van der Waals surface area contributed by atoms with Crippen LogP contribution in [0, 0.1) is 0 Å². The fourth-order valence-electron chi connectivity index (χ4n) is 3.42. The molecule has 0 spiro atoms. The number of hydrogen-bond acceptors (Lipinski definition) is 3. The van der Waals surface area contributed by atoms with Gasteiger partial charge in [-0.15, -0.1) is 0 Å². The molecule has 1 aromatic rings. The van der Waals surface area contributed by atoms with Crippen LogP contribution in [0.15, 0.2) is 24.3 Å². The van der Waals surface area contributed by atoms with E-state index in [1.54, 1.807) is 24.3 Å². The van der Waals surface area contributed by atoms with Crippen molar-refractivity contribution in [1.82, 2.24) is 0 Å². The largest absolute Gasteiger partial charge is 0.462 e. The zero-order valence-corrected chi connectivity index (χ0v) is 17.7. The molecule has 0 atom stereocenters. The summed E-state index contributed by atoms with van der Waals surface area (Å²) in [4.78, 5) is 23.4. The Labute approximate surface area is 171 Å². The summed E-state index contributed by atoms with van der Waals surface area (Å²) in [5.41, 5.74) is 5.76. The number of benzene rings is 1. The molecular weight excluding hydrogens is 350 g/mol. The molecule has 1 amide bonds. The third kappa shape index (κ3) is 11.1. The maximum atomic E-state index is 12.1. The molecule has 4 nitrogen and oxygen atoms in total. The lowest BCUT2D eigenvalue weighted by molar-refractivity contribution is 0.0494. The highest BCUT2D eigenvalue weighted by molar-refractivity contribution is 6.04. The predicted octanol–water partition coefficient (Wildman–Crippen LogP) is 6.42. The summed E-state index contributed by atoms with van der Waals surface area (Å²) in [5.74, 6) is -1.08. The summed E-state index contributed by atoms with van der Waals surface area (Å²) < 4.78 is 5.28. The lowest BCUT2D eigenvalue weighted by Crippen LogP contribution is -2.17. The van der Waals surface area contributed by atoms with Gasteiger partial charge in [-0.25, -0.2) is 4.79 Å². The fraction of sp³-hybridized carbons (Fsp3) is 0.667. The molecule has 0 saturated heterocycles. The van der Waals surface area contributed by atoms with Crippen molar-refractivity contribution in [2.24, 2.45) is 5.73 Å². The van der Waals surface area contributed by atoms with Crippen LogP contribution in [0.1, 0.15) is 118 Å². The number of rotatable bonds is 17. The number of amides is 1. The number of ether oxygens (including phenoxy) is 1. The van der Waals surface area contributed by atoms with Crippen LogP contribution in [0.5, 0.6) is 0 Å². The Morgan fingerprint density at radius 1 is 0.714 bits per heavy atom. The summed E-state index contributed by atoms with van der Waals surface area (Å²) in [6.07, 6.45) is 18.1. The van der Waals surface area contributed by atoms with Crippen molar-refractivity contribution in [2.75, 3.05) is 6.61 Å². The molecule has 0 unspecified atom stereocenters. The van der Waals surface area contributed by atoms with Gasteiger partial charge >= 0.3 is 5.97 Å². The van der Waals surface area contributed by atoms with Crippen LogP contribution in [0.3, 0.4) is 0 Å². The van der Waals surface area contributed by atoms with Gasteiger partial charge in [-0.3, -0.25) is 4.79 Å². The fourth-order valence-corrected chi connectivity index (χ4v) is 3.42. The Balaban J connectivity index is 1.94. The highest BCUT2D eigenvalue weighted by Crippen LogP contribution is 2.13. The van der Waals surface area contributed by atoms with E-state index in [0.717, 1.165) is 12.8 Å². The molecule has 0 radical (unpaired) electrons. The first-order valence-corrected chi connectivity index (χ1v) is 11.2. The Morgan fingerprint density at radius 2 is 1.14 bits per heavy atom. The Hall–Kier alpha value is -1.84. The molecule has 0 aliphatic heterocycles. The van der Waals surface area contributed by atoms with Gasteiger partial charge in [0.15, 0.2) is 0 Å². The van der Waals surface area contributed by atoms with Gasteiger partial charge in [0, 0.05) is 0 Å². The molecule has 0 saturated carbocycles. The van der Waals surface area contributed by atoms with Crippen LogP contribution in [0.2, 0.25) is 0 Å². The van der Waals surface area contributed by atoms with Crippen molar-refractivity contribution in [3.63, 3.8) is 0 Å². The quantitative estimate of drug-likeness (QED) is 0.247. The Morgan fingerprint density at radius 3 is 1.61 bits per heavy atom. The van der Waals surface area contributed by atoms with Crippen LogP contribution in [0.4, 0.5) is 0 Å². The van der Waals surface area contributed by atoms with Crippen molar-refractivity contribution in [3.8, 4) is 0 Å². The SMILES string of the molecule is CCCCCCCCCCCCCCCCOC(=O)c1ccccc1C(N)=O. The molecule has 0 bridgehead atoms. The molecule has 1 aromatic carbocycles. The first-order chi connectivity index (χ1) is 13.7. The summed E-state index contributed by atoms with van der Waals surface area (Å²) in [7, 11) is 0. The maximum absolute atomic E-state index is 12.1. The topological polar surface area (TPSA) is 69.4 Å². The number of primary amides is 1. The number of esters is 1. The zero-order valence-electron chi connectivity index (χ0n) is 17.7. The molecule has 4 heteroatoms. The number of unbranched alkanes of at least 4 members (excludes halogenated alkanes) is 13. The first kappa shape index (κ1) is 24.2. The predicted molar refractivity (Wildman–Crippen MR) is 116 cm³/mol. The molecule has 0 aliphatic rings. The second-order valence-corrected chi connectivity index (χ2v) is 7.64. The van der Waals surface area contributed by atoms with E-state index in [9.17, 15) is 9.59 Å². The monoisotopic (exact) mass is 389 g/mol. The van der Waals surface area contributed by atoms with Crippen LogP contribution in [-0.2, 0) is 4.74 Å². The Bertz CT molecular complexity index is 557. The van der Waals surface area contributed by atoms with E-state index >= 15 is 0 Å². The average molecular weight is 390 g/mol. The van der Waals surface area contributed by atoms with Gasteiger partial charge in [0.25, 0.3) is 0 Å². The standard InChI is InChI=1S/C24H39NO3/c1-2-3-4-5-6-7-8-9-10-11-12-13-14-17-20-28-24(27)22-19-16-15-18-21(22)23(25)26/h15-16,18-19H,2-14,17,20H2,1H3,(H2,25,26). The van der Waals surface area contributed by atoms with Crippen molar-refractivity contribution in [2.45, 2.75) is 96.8 Å². The van der Waals surface area contributed by atoms with Gasteiger partial charge in [0.2, 0.25) is 5.91 Å². The third-order valence-electron chi connectivity index (χ3n) is 5.14. The molecule has 0 aliphatic carbocycles. The highest BCUT2D eigenvalue weighted by Gasteiger charge is 2.15. The van der Waals surface area contributed by atoms with Crippen LogP contribution >= 0.6 is 0 Å². The van der Waals surface area contributed by atoms with Crippen LogP contribution < -0.4 is 5.73 Å². The van der Waals surface area contributed by atoms with Gasteiger partial charge in [0.05, 0.1) is 17.7 Å². The maximum Gasteiger partial charge on any atom is 0.338 e. The summed E-state index contributed by atoms with van der Waals surface area (Å²) in [5, 5.41) is 0. The van der Waals surface area contributed by atoms with Crippen molar-refractivity contribution in [1.29, 1.82) is 0 Å². The van der Waals surface area contributed by atoms with Gasteiger partial charge in [0.1, 0.15) is 0 Å². The smallest absolute Gasteiger partial charge is 0.338 e. The third-order valence-corrected chi connectivity index (χ3v) is 5.14. The average Bonchev–Trinajstić information content (AvgIpc) is 2.70. The van der Waals surface area contributed by atoms with Gasteiger partial charge < -0.3 is 10.5 Å². The second-order valence-electron chi connectivity index (χ2n) is 7.64. The lowest BCUT2D eigenvalue weighted by Gasteiger charge is -2.07. The molecule has 1 rings (SSSR count). The molecule has 0 fully saturated rings. The first-order valence-electron chi connectivity index (χ1n) is 11.2. The number of hydrogen-bond donors (Lipinski definition) is 1. The Kier molecular flexibility index (Phi) is 14.0. The van der Waals surface area contributed by atoms with Gasteiger partial charge in [-0.2, -0.15) is 0 Å². The number of nitrogens with two attached hydrogens (primary N) is 1. The van der Waals surface area contributed by atoms with Crippen LogP contribution in [-0.4, -0.2) is 18.5 Å². The summed E-state index contributed by atoms with van der Waals surface area (Å²) in [6, 6.07) is 6.51. The van der Waals surface area contributed by atoms with Gasteiger partial charge in [-0.1, -0.05) is 103 Å². The van der Waals surface area contributed by atoms with E-state index in [1.165, 1.54) is 77.0 Å². The molecule has 0 heterocycles. The number of carbonyl (C=O) groups is 2. The molecule has 2 N–H and O–H groups in total. The van der Waals surface area contributed by atoms with Crippen molar-refractivity contribution in [3.05, 3.63) is 35.4 Å². The highest BCUT2D eigenvalue weighted by atomic mass is 16.5. The summed E-state index contributed by atoms with van der Waals surface area (Å²) in [6.45, 7) is 2.66. The molecule has 158 valence electrons. The molecule has 0 aromatic heterocycles.